The molecule has 0 spiro atoms. The van der Waals surface area contributed by atoms with Gasteiger partial charge < -0.3 is 4.74 Å². The van der Waals surface area contributed by atoms with E-state index in [9.17, 15) is 14.4 Å². The van der Waals surface area contributed by atoms with Gasteiger partial charge in [0, 0.05) is 6.42 Å². The third-order valence-corrected chi connectivity index (χ3v) is 10.6. The van der Waals surface area contributed by atoms with Gasteiger partial charge in [0.15, 0.2) is 0 Å². The molecule has 0 N–H and O–H groups in total. The third kappa shape index (κ3) is 3.36. The van der Waals surface area contributed by atoms with Crippen molar-refractivity contribution in [3.63, 3.8) is 0 Å². The molecule has 3 aromatic carbocycles. The van der Waals surface area contributed by atoms with Crippen LogP contribution in [0.3, 0.4) is 0 Å². The second kappa shape index (κ2) is 8.91. The predicted molar refractivity (Wildman–Crippen MR) is 148 cm³/mol. The Balaban J connectivity index is 1.38. The molecule has 7 heteroatoms. The zero-order chi connectivity index (χ0) is 25.9. The average molecular weight is 623 g/mol. The van der Waals surface area contributed by atoms with E-state index in [0.717, 1.165) is 41.5 Å². The molecule has 2 atom stereocenters. The number of imide groups is 1. The number of unbranched alkanes of at least 4 members (excludes halogenated alkanes) is 2. The summed E-state index contributed by atoms with van der Waals surface area (Å²) in [6, 6.07) is 22.7. The summed E-state index contributed by atoms with van der Waals surface area (Å²) in [5.41, 5.74) is 4.47. The summed E-state index contributed by atoms with van der Waals surface area (Å²) in [5, 5.41) is 0. The zero-order valence-electron chi connectivity index (χ0n) is 20.2. The maximum absolute atomic E-state index is 14.1. The molecule has 5 nitrogen and oxygen atoms in total. The quantitative estimate of drug-likeness (QED) is 0.102. The number of rotatable bonds is 6. The minimum atomic E-state index is -0.824. The molecule has 2 bridgehead atoms. The van der Waals surface area contributed by atoms with Gasteiger partial charge in [0.05, 0.1) is 26.2 Å². The number of anilines is 1. The molecule has 3 aromatic rings. The first-order valence-corrected chi connectivity index (χ1v) is 14.2. The van der Waals surface area contributed by atoms with Crippen LogP contribution in [-0.2, 0) is 23.0 Å². The number of carbonyl (C=O) groups excluding carboxylic acids is 3. The molecule has 37 heavy (non-hydrogen) atoms. The molecule has 1 aliphatic heterocycles. The van der Waals surface area contributed by atoms with Gasteiger partial charge >= 0.3 is 5.97 Å². The van der Waals surface area contributed by atoms with Crippen molar-refractivity contribution in [1.82, 2.24) is 0 Å². The maximum atomic E-state index is 14.1. The fraction of sp³-hybridized carbons (Fsp3) is 0.300. The smallest absolute Gasteiger partial charge is 0.311 e. The van der Waals surface area contributed by atoms with E-state index in [4.69, 9.17) is 4.74 Å². The monoisotopic (exact) mass is 621 g/mol. The van der Waals surface area contributed by atoms with Gasteiger partial charge in [-0.2, -0.15) is 0 Å². The summed E-state index contributed by atoms with van der Waals surface area (Å²) in [4.78, 5) is 41.6. The van der Waals surface area contributed by atoms with Crippen LogP contribution in [0.5, 0.6) is 5.75 Å². The van der Waals surface area contributed by atoms with Crippen LogP contribution in [0.1, 0.15) is 54.9 Å². The average Bonchev–Trinajstić information content (AvgIpc) is 3.19. The number of ether oxygens (including phenoxy) is 1. The van der Waals surface area contributed by atoms with E-state index in [2.05, 4.69) is 38.8 Å². The van der Waals surface area contributed by atoms with Gasteiger partial charge in [-0.1, -0.05) is 100 Å². The lowest BCUT2D eigenvalue weighted by Gasteiger charge is -2.55. The summed E-state index contributed by atoms with van der Waals surface area (Å²) in [6.07, 6.45) is 3.17. The summed E-state index contributed by atoms with van der Waals surface area (Å²) in [7, 11) is 0. The van der Waals surface area contributed by atoms with Crippen molar-refractivity contribution in [2.45, 2.75) is 41.3 Å². The molecule has 0 saturated carbocycles. The van der Waals surface area contributed by atoms with Gasteiger partial charge in [-0.05, 0) is 52.9 Å². The van der Waals surface area contributed by atoms with Gasteiger partial charge in [-0.3, -0.25) is 14.4 Å². The lowest BCUT2D eigenvalue weighted by Crippen LogP contribution is -2.56. The van der Waals surface area contributed by atoms with Crippen LogP contribution in [0, 0.1) is 11.8 Å². The summed E-state index contributed by atoms with van der Waals surface area (Å²) in [5.74, 6) is -1.63. The van der Waals surface area contributed by atoms with Crippen molar-refractivity contribution in [3.05, 3.63) is 95.1 Å². The lowest BCUT2D eigenvalue weighted by atomic mass is 9.54. The Bertz CT molecular complexity index is 1310. The van der Waals surface area contributed by atoms with Crippen molar-refractivity contribution in [3.8, 4) is 5.75 Å². The second-order valence-electron chi connectivity index (χ2n) is 9.91. The molecule has 3 aliphatic carbocycles. The normalized spacial score (nSPS) is 27.1. The second-order valence-corrected chi connectivity index (χ2v) is 12.4. The zero-order valence-corrected chi connectivity index (χ0v) is 23.4. The SMILES string of the molecule is CCCCCC(=O)Oc1ccc(N2C(=O)[C@H]3[C@H](C2=O)C2(Br)c4ccccc4C3(Br)c3ccccc32)cc1. The number of hydrogen-bond donors (Lipinski definition) is 0. The van der Waals surface area contributed by atoms with Crippen LogP contribution in [0.25, 0.3) is 0 Å². The van der Waals surface area contributed by atoms with E-state index in [0.29, 0.717) is 17.9 Å². The summed E-state index contributed by atoms with van der Waals surface area (Å²) in [6.45, 7) is 2.08. The highest BCUT2D eigenvalue weighted by molar-refractivity contribution is 9.10. The molecule has 4 aliphatic rings. The van der Waals surface area contributed by atoms with Crippen molar-refractivity contribution in [2.24, 2.45) is 11.8 Å². The highest BCUT2D eigenvalue weighted by Crippen LogP contribution is 2.70. The predicted octanol–water partition coefficient (Wildman–Crippen LogP) is 6.58. The van der Waals surface area contributed by atoms with E-state index in [-0.39, 0.29) is 17.8 Å². The van der Waals surface area contributed by atoms with Gasteiger partial charge in [0.25, 0.3) is 0 Å². The van der Waals surface area contributed by atoms with Gasteiger partial charge in [0.1, 0.15) is 5.75 Å². The number of halogens is 2. The molecule has 1 fully saturated rings. The highest BCUT2D eigenvalue weighted by Gasteiger charge is 2.72. The van der Waals surface area contributed by atoms with Gasteiger partial charge in [-0.25, -0.2) is 4.90 Å². The van der Waals surface area contributed by atoms with E-state index in [1.54, 1.807) is 24.3 Å². The highest BCUT2D eigenvalue weighted by atomic mass is 79.9. The van der Waals surface area contributed by atoms with Crippen LogP contribution in [0.2, 0.25) is 0 Å². The number of alkyl halides is 2. The number of amides is 2. The molecule has 188 valence electrons. The molecule has 0 unspecified atom stereocenters. The van der Waals surface area contributed by atoms with Crippen molar-refractivity contribution < 1.29 is 19.1 Å². The molecular formula is C30H25Br2NO4. The Morgan fingerprint density at radius 3 is 1.68 bits per heavy atom. The van der Waals surface area contributed by atoms with E-state index >= 15 is 0 Å². The Labute approximate surface area is 232 Å². The van der Waals surface area contributed by atoms with Crippen LogP contribution < -0.4 is 9.64 Å². The van der Waals surface area contributed by atoms with Crippen molar-refractivity contribution >= 4 is 55.3 Å². The summed E-state index contributed by atoms with van der Waals surface area (Å²) < 4.78 is 3.80. The van der Waals surface area contributed by atoms with E-state index in [1.165, 1.54) is 4.90 Å². The summed E-state index contributed by atoms with van der Waals surface area (Å²) >= 11 is 8.03. The van der Waals surface area contributed by atoms with E-state index < -0.39 is 20.5 Å². The Morgan fingerprint density at radius 2 is 1.24 bits per heavy atom. The van der Waals surface area contributed by atoms with E-state index in [1.807, 2.05) is 48.5 Å². The first-order chi connectivity index (χ1) is 17.8. The first-order valence-electron chi connectivity index (χ1n) is 12.6. The van der Waals surface area contributed by atoms with Crippen LogP contribution >= 0.6 is 31.9 Å². The number of carbonyl (C=O) groups is 3. The maximum Gasteiger partial charge on any atom is 0.311 e. The van der Waals surface area contributed by atoms with Gasteiger partial charge in [0.2, 0.25) is 11.8 Å². The minimum Gasteiger partial charge on any atom is -0.427 e. The fourth-order valence-electron chi connectivity index (χ4n) is 6.29. The fourth-order valence-corrected chi connectivity index (χ4v) is 8.59. The molecule has 1 saturated heterocycles. The number of hydrogen-bond acceptors (Lipinski definition) is 4. The van der Waals surface area contributed by atoms with Crippen molar-refractivity contribution in [2.75, 3.05) is 4.90 Å². The molecule has 1 heterocycles. The molecule has 2 amide bonds. The van der Waals surface area contributed by atoms with Crippen LogP contribution in [0.15, 0.2) is 72.8 Å². The largest absolute Gasteiger partial charge is 0.427 e. The number of benzene rings is 3. The van der Waals surface area contributed by atoms with Crippen LogP contribution in [-0.4, -0.2) is 17.8 Å². The Hall–Kier alpha value is -2.77. The minimum absolute atomic E-state index is 0.246. The first kappa shape index (κ1) is 24.6. The van der Waals surface area contributed by atoms with Gasteiger partial charge in [-0.15, -0.1) is 0 Å². The van der Waals surface area contributed by atoms with Crippen LogP contribution in [0.4, 0.5) is 5.69 Å². The molecule has 7 rings (SSSR count). The molecular weight excluding hydrogens is 598 g/mol. The standard InChI is InChI=1S/C30H25Br2NO4/c1-2-3-4-13-24(34)37-19-16-14-18(15-17-19)33-27(35)25-26(28(33)36)30(32)21-10-6-5-9-20(21)29(25,31)22-11-7-8-12-23(22)30/h5-12,14-17,25-26H,2-4,13H2,1H3/t25-,26-,29?,30?/m1/s1. The number of esters is 1. The lowest BCUT2D eigenvalue weighted by molar-refractivity contribution is -0.134. The topological polar surface area (TPSA) is 63.7 Å². The third-order valence-electron chi connectivity index (χ3n) is 7.90. The molecule has 0 aromatic heterocycles. The number of nitrogens with zero attached hydrogens (tertiary/aromatic N) is 1. The Morgan fingerprint density at radius 1 is 0.784 bits per heavy atom. The Kier molecular flexibility index (Phi) is 5.92. The van der Waals surface area contributed by atoms with Crippen molar-refractivity contribution in [1.29, 1.82) is 0 Å². The molecule has 0 radical (unpaired) electrons.